The molecule has 1 aliphatic carbocycles. The van der Waals surface area contributed by atoms with Crippen molar-refractivity contribution in [1.29, 1.82) is 0 Å². The van der Waals surface area contributed by atoms with Crippen LogP contribution in [0.5, 0.6) is 0 Å². The third-order valence-corrected chi connectivity index (χ3v) is 4.82. The summed E-state index contributed by atoms with van der Waals surface area (Å²) in [6.45, 7) is 6.86. The molecule has 0 saturated heterocycles. The van der Waals surface area contributed by atoms with Crippen LogP contribution in [0.1, 0.15) is 59.3 Å². The lowest BCUT2D eigenvalue weighted by molar-refractivity contribution is -0.186. The molecule has 5 heteroatoms. The van der Waals surface area contributed by atoms with E-state index < -0.39 is 12.1 Å². The van der Waals surface area contributed by atoms with Gasteiger partial charge in [-0.2, -0.15) is 13.2 Å². The molecule has 0 aromatic rings. The molecule has 3 atom stereocenters. The highest BCUT2D eigenvalue weighted by atomic mass is 19.4. The zero-order valence-electron chi connectivity index (χ0n) is 13.7. The topological polar surface area (TPSA) is 21.3 Å². The van der Waals surface area contributed by atoms with E-state index >= 15 is 0 Å². The van der Waals surface area contributed by atoms with Crippen molar-refractivity contribution in [2.75, 3.05) is 13.7 Å². The molecule has 1 saturated carbocycles. The number of alkyl halides is 3. The minimum atomic E-state index is -4.04. The Morgan fingerprint density at radius 1 is 1.24 bits per heavy atom. The van der Waals surface area contributed by atoms with Gasteiger partial charge in [0.25, 0.3) is 0 Å². The second-order valence-corrected chi connectivity index (χ2v) is 6.83. The van der Waals surface area contributed by atoms with Gasteiger partial charge in [0.05, 0.1) is 11.5 Å². The molecule has 0 heterocycles. The Morgan fingerprint density at radius 2 is 1.90 bits per heavy atom. The molecule has 0 bridgehead atoms. The summed E-state index contributed by atoms with van der Waals surface area (Å²) in [6, 6.07) is 0.162. The van der Waals surface area contributed by atoms with Crippen LogP contribution in [0.15, 0.2) is 0 Å². The molecule has 1 fully saturated rings. The van der Waals surface area contributed by atoms with Crippen LogP contribution in [0.3, 0.4) is 0 Å². The van der Waals surface area contributed by atoms with Gasteiger partial charge in [0.2, 0.25) is 0 Å². The van der Waals surface area contributed by atoms with Crippen LogP contribution >= 0.6 is 0 Å². The molecule has 3 unspecified atom stereocenters. The number of ether oxygens (including phenoxy) is 1. The van der Waals surface area contributed by atoms with Crippen LogP contribution in [0.2, 0.25) is 0 Å². The quantitative estimate of drug-likeness (QED) is 0.745. The predicted octanol–water partition coefficient (Wildman–Crippen LogP) is 4.54. The highest BCUT2D eigenvalue weighted by molar-refractivity contribution is 4.86. The lowest BCUT2D eigenvalue weighted by atomic mass is 9.76. The first-order valence-corrected chi connectivity index (χ1v) is 8.05. The monoisotopic (exact) mass is 309 g/mol. The maximum absolute atomic E-state index is 13.0. The van der Waals surface area contributed by atoms with Crippen LogP contribution in [-0.2, 0) is 4.74 Å². The van der Waals surface area contributed by atoms with Gasteiger partial charge in [-0.3, -0.25) is 0 Å². The molecular weight excluding hydrogens is 279 g/mol. The van der Waals surface area contributed by atoms with Crippen molar-refractivity contribution >= 4 is 0 Å². The molecular formula is C16H30F3NO. The molecule has 0 amide bonds. The largest absolute Gasteiger partial charge is 0.391 e. The third-order valence-electron chi connectivity index (χ3n) is 4.82. The Morgan fingerprint density at radius 3 is 2.43 bits per heavy atom. The van der Waals surface area contributed by atoms with Gasteiger partial charge in [-0.25, -0.2) is 0 Å². The fourth-order valence-electron chi connectivity index (χ4n) is 3.26. The summed E-state index contributed by atoms with van der Waals surface area (Å²) in [5.41, 5.74) is -0.217. The highest BCUT2D eigenvalue weighted by Crippen LogP contribution is 2.41. The van der Waals surface area contributed by atoms with E-state index in [9.17, 15) is 13.2 Å². The average molecular weight is 309 g/mol. The van der Waals surface area contributed by atoms with E-state index in [-0.39, 0.29) is 24.0 Å². The van der Waals surface area contributed by atoms with Crippen LogP contribution in [-0.4, -0.2) is 31.5 Å². The molecule has 0 aliphatic heterocycles. The summed E-state index contributed by atoms with van der Waals surface area (Å²) in [7, 11) is 1.68. The first kappa shape index (κ1) is 18.8. The normalized spacial score (nSPS) is 25.9. The Labute approximate surface area is 126 Å². The Bertz CT molecular complexity index is 304. The fraction of sp³-hybridized carbons (Fsp3) is 1.00. The fourth-order valence-corrected chi connectivity index (χ4v) is 3.26. The molecule has 0 aromatic heterocycles. The number of halogens is 3. The molecule has 0 aromatic carbocycles. The van der Waals surface area contributed by atoms with Gasteiger partial charge < -0.3 is 10.1 Å². The molecule has 0 radical (unpaired) electrons. The number of nitrogens with one attached hydrogen (secondary N) is 1. The van der Waals surface area contributed by atoms with Crippen LogP contribution in [0.4, 0.5) is 13.2 Å². The van der Waals surface area contributed by atoms with Crippen LogP contribution < -0.4 is 5.32 Å². The van der Waals surface area contributed by atoms with Gasteiger partial charge in [0.1, 0.15) is 0 Å². The lowest BCUT2D eigenvalue weighted by Gasteiger charge is -2.37. The first-order chi connectivity index (χ1) is 9.69. The number of hydrogen-bond donors (Lipinski definition) is 1. The van der Waals surface area contributed by atoms with E-state index in [1.165, 1.54) is 0 Å². The summed E-state index contributed by atoms with van der Waals surface area (Å²) in [4.78, 5) is 0. The minimum absolute atomic E-state index is 0.123. The second kappa shape index (κ2) is 7.82. The summed E-state index contributed by atoms with van der Waals surface area (Å²) in [5, 5.41) is 3.40. The van der Waals surface area contributed by atoms with Crippen molar-refractivity contribution in [1.82, 2.24) is 5.32 Å². The van der Waals surface area contributed by atoms with Gasteiger partial charge >= 0.3 is 6.18 Å². The molecule has 2 nitrogen and oxygen atoms in total. The zero-order valence-corrected chi connectivity index (χ0v) is 13.7. The van der Waals surface area contributed by atoms with Crippen molar-refractivity contribution in [2.24, 2.45) is 11.8 Å². The molecule has 1 aliphatic rings. The maximum atomic E-state index is 13.0. The molecule has 126 valence electrons. The van der Waals surface area contributed by atoms with E-state index in [2.05, 4.69) is 5.32 Å². The summed E-state index contributed by atoms with van der Waals surface area (Å²) >= 11 is 0. The maximum Gasteiger partial charge on any atom is 0.391 e. The lowest BCUT2D eigenvalue weighted by Crippen LogP contribution is -2.42. The van der Waals surface area contributed by atoms with E-state index in [0.717, 1.165) is 25.8 Å². The van der Waals surface area contributed by atoms with E-state index in [4.69, 9.17) is 4.74 Å². The molecule has 21 heavy (non-hydrogen) atoms. The number of methoxy groups -OCH3 is 1. The van der Waals surface area contributed by atoms with Gasteiger partial charge in [0, 0.05) is 13.2 Å². The number of rotatable bonds is 7. The predicted molar refractivity (Wildman–Crippen MR) is 79.3 cm³/mol. The van der Waals surface area contributed by atoms with Gasteiger partial charge in [-0.1, -0.05) is 13.3 Å². The number of hydrogen-bond acceptors (Lipinski definition) is 2. The van der Waals surface area contributed by atoms with Crippen molar-refractivity contribution in [3.8, 4) is 0 Å². The van der Waals surface area contributed by atoms with Gasteiger partial charge in [-0.15, -0.1) is 0 Å². The first-order valence-electron chi connectivity index (χ1n) is 8.05. The average Bonchev–Trinajstić information content (AvgIpc) is 2.42. The van der Waals surface area contributed by atoms with Crippen molar-refractivity contribution in [3.63, 3.8) is 0 Å². The molecule has 1 rings (SSSR count). The Balaban J connectivity index is 2.62. The Kier molecular flexibility index (Phi) is 6.98. The third kappa shape index (κ3) is 6.15. The minimum Gasteiger partial charge on any atom is -0.379 e. The summed E-state index contributed by atoms with van der Waals surface area (Å²) in [6.07, 6.45) is -0.168. The highest BCUT2D eigenvalue weighted by Gasteiger charge is 2.43. The zero-order chi connectivity index (χ0) is 16.1. The van der Waals surface area contributed by atoms with Crippen LogP contribution in [0, 0.1) is 11.8 Å². The molecule has 1 N–H and O–H groups in total. The van der Waals surface area contributed by atoms with Crippen LogP contribution in [0.25, 0.3) is 0 Å². The van der Waals surface area contributed by atoms with Crippen molar-refractivity contribution in [3.05, 3.63) is 0 Å². The van der Waals surface area contributed by atoms with Crippen molar-refractivity contribution < 1.29 is 17.9 Å². The van der Waals surface area contributed by atoms with Gasteiger partial charge in [-0.05, 0) is 58.4 Å². The SMILES string of the molecule is CCNC(CCC(C)(C)OC)C1CCCC(C(F)(F)F)C1. The summed E-state index contributed by atoms with van der Waals surface area (Å²) in [5.74, 6) is -0.995. The standard InChI is InChI=1S/C16H30F3NO/c1-5-20-14(9-10-15(2,3)21-4)12-7-6-8-13(11-12)16(17,18)19/h12-14,20H,5-11H2,1-4H3. The van der Waals surface area contributed by atoms with Crippen molar-refractivity contribution in [2.45, 2.75) is 77.1 Å². The smallest absolute Gasteiger partial charge is 0.379 e. The molecule has 0 spiro atoms. The van der Waals surface area contributed by atoms with Gasteiger partial charge in [0.15, 0.2) is 0 Å². The van der Waals surface area contributed by atoms with E-state index in [1.807, 2.05) is 20.8 Å². The second-order valence-electron chi connectivity index (χ2n) is 6.83. The Hall–Kier alpha value is -0.290. The van der Waals surface area contributed by atoms with E-state index in [0.29, 0.717) is 12.8 Å². The van der Waals surface area contributed by atoms with E-state index in [1.54, 1.807) is 7.11 Å². The summed E-state index contributed by atoms with van der Waals surface area (Å²) < 4.78 is 44.3.